The minimum absolute atomic E-state index is 0.148. The van der Waals surface area contributed by atoms with E-state index in [1.54, 1.807) is 55.5 Å². The van der Waals surface area contributed by atoms with Crippen LogP contribution in [0.5, 0.6) is 5.75 Å². The Hall–Kier alpha value is -2.60. The molecule has 1 heterocycles. The summed E-state index contributed by atoms with van der Waals surface area (Å²) in [6, 6.07) is 12.3. The van der Waals surface area contributed by atoms with Gasteiger partial charge in [-0.15, -0.1) is 0 Å². The topological polar surface area (TPSA) is 69.7 Å². The van der Waals surface area contributed by atoms with Gasteiger partial charge in [0.15, 0.2) is 0 Å². The van der Waals surface area contributed by atoms with Crippen molar-refractivity contribution < 1.29 is 22.1 Å². The van der Waals surface area contributed by atoms with Crippen LogP contribution < -0.4 is 4.18 Å². The second-order valence-corrected chi connectivity index (χ2v) is 6.88. The molecule has 3 rings (SSSR count). The maximum absolute atomic E-state index is 11.7. The normalized spacial score (nSPS) is 15.0. The highest BCUT2D eigenvalue weighted by atomic mass is 32.2. The number of esters is 1. The number of hydrogen-bond acceptors (Lipinski definition) is 5. The first-order valence-corrected chi connectivity index (χ1v) is 9.06. The number of benzene rings is 2. The Morgan fingerprint density at radius 2 is 1.83 bits per heavy atom. The summed E-state index contributed by atoms with van der Waals surface area (Å²) in [7, 11) is -3.60. The van der Waals surface area contributed by atoms with Crippen LogP contribution in [-0.4, -0.2) is 26.7 Å². The van der Waals surface area contributed by atoms with E-state index in [-0.39, 0.29) is 11.7 Å². The van der Waals surface area contributed by atoms with Gasteiger partial charge in [-0.3, -0.25) is 0 Å². The van der Waals surface area contributed by atoms with Crippen molar-refractivity contribution in [3.63, 3.8) is 0 Å². The molecular formula is C18H16O5S. The lowest BCUT2D eigenvalue weighted by molar-refractivity contribution is 0.0526. The number of fused-ring (bicyclic) bond motifs is 1. The van der Waals surface area contributed by atoms with Gasteiger partial charge in [-0.05, 0) is 36.2 Å². The van der Waals surface area contributed by atoms with Crippen molar-refractivity contribution in [2.24, 2.45) is 0 Å². The summed E-state index contributed by atoms with van der Waals surface area (Å²) in [6.07, 6.45) is 3.29. The fraction of sp³-hybridized carbons (Fsp3) is 0.167. The largest absolute Gasteiger partial charge is 0.462 e. The van der Waals surface area contributed by atoms with Gasteiger partial charge in [0, 0.05) is 5.56 Å². The van der Waals surface area contributed by atoms with Crippen molar-refractivity contribution in [2.75, 3.05) is 12.4 Å². The van der Waals surface area contributed by atoms with Crippen LogP contribution in [0.25, 0.3) is 17.2 Å². The van der Waals surface area contributed by atoms with Crippen LogP contribution >= 0.6 is 0 Å². The summed E-state index contributed by atoms with van der Waals surface area (Å²) < 4.78 is 33.6. The Morgan fingerprint density at radius 1 is 1.12 bits per heavy atom. The predicted molar refractivity (Wildman–Crippen MR) is 91.3 cm³/mol. The van der Waals surface area contributed by atoms with Gasteiger partial charge in [0.1, 0.15) is 11.5 Å². The molecule has 0 bridgehead atoms. The van der Waals surface area contributed by atoms with Gasteiger partial charge >= 0.3 is 16.1 Å². The Balaban J connectivity index is 1.92. The van der Waals surface area contributed by atoms with Crippen molar-refractivity contribution in [3.05, 3.63) is 59.7 Å². The minimum atomic E-state index is -3.60. The Labute approximate surface area is 140 Å². The third-order valence-electron chi connectivity index (χ3n) is 3.56. The lowest BCUT2D eigenvalue weighted by atomic mass is 10.0. The number of rotatable bonds is 3. The summed E-state index contributed by atoms with van der Waals surface area (Å²) in [5.74, 6) is -0.216. The fourth-order valence-electron chi connectivity index (χ4n) is 2.40. The average molecular weight is 344 g/mol. The summed E-state index contributed by atoms with van der Waals surface area (Å²) in [6.45, 7) is 2.08. The highest BCUT2D eigenvalue weighted by Gasteiger charge is 2.17. The summed E-state index contributed by atoms with van der Waals surface area (Å²) in [5.41, 5.74) is 2.83. The predicted octanol–water partition coefficient (Wildman–Crippen LogP) is 3.27. The molecule has 0 saturated heterocycles. The average Bonchev–Trinajstić information content (AvgIpc) is 2.71. The zero-order valence-electron chi connectivity index (χ0n) is 13.1. The van der Waals surface area contributed by atoms with Gasteiger partial charge in [-0.1, -0.05) is 36.4 Å². The first-order valence-electron chi connectivity index (χ1n) is 7.49. The van der Waals surface area contributed by atoms with E-state index >= 15 is 0 Å². The molecule has 1 aliphatic rings. The van der Waals surface area contributed by atoms with Crippen molar-refractivity contribution in [1.29, 1.82) is 0 Å². The fourth-order valence-corrected chi connectivity index (χ4v) is 3.22. The van der Waals surface area contributed by atoms with Crippen LogP contribution in [0, 0.1) is 0 Å². The van der Waals surface area contributed by atoms with Crippen LogP contribution in [-0.2, 0) is 14.9 Å². The van der Waals surface area contributed by atoms with Crippen molar-refractivity contribution in [3.8, 4) is 16.9 Å². The van der Waals surface area contributed by atoms with Gasteiger partial charge in [0.05, 0.1) is 12.2 Å². The lowest BCUT2D eigenvalue weighted by Gasteiger charge is -2.09. The van der Waals surface area contributed by atoms with Crippen LogP contribution in [0.2, 0.25) is 0 Å². The molecule has 0 fully saturated rings. The van der Waals surface area contributed by atoms with Crippen LogP contribution in [0.15, 0.2) is 48.5 Å². The molecule has 6 heteroatoms. The standard InChI is InChI=1S/C18H16O5S/c1-2-22-18(19)15-8-5-13(6-9-15)16-10-7-14-4-3-11-24(20,21)23-17(14)12-16/h3-10,12H,2,11H2,1H3. The third kappa shape index (κ3) is 3.49. The SMILES string of the molecule is CCOC(=O)c1ccc(-c2ccc3c(c2)OS(=O)(=O)CC=C3)cc1. The molecule has 0 radical (unpaired) electrons. The second kappa shape index (κ2) is 6.49. The first kappa shape index (κ1) is 16.3. The number of ether oxygens (including phenoxy) is 1. The van der Waals surface area contributed by atoms with Crippen LogP contribution in [0.3, 0.4) is 0 Å². The summed E-state index contributed by atoms with van der Waals surface area (Å²) >= 11 is 0. The van der Waals surface area contributed by atoms with Gasteiger partial charge in [-0.2, -0.15) is 8.42 Å². The van der Waals surface area contributed by atoms with E-state index in [0.29, 0.717) is 23.5 Å². The Bertz CT molecular complexity index is 896. The third-order valence-corrected chi connectivity index (χ3v) is 4.59. The molecule has 5 nitrogen and oxygen atoms in total. The van der Waals surface area contributed by atoms with Crippen molar-refractivity contribution >= 4 is 22.2 Å². The number of carbonyl (C=O) groups excluding carboxylic acids is 1. The van der Waals surface area contributed by atoms with E-state index in [1.807, 2.05) is 6.07 Å². The van der Waals surface area contributed by atoms with E-state index in [4.69, 9.17) is 8.92 Å². The molecule has 0 aromatic heterocycles. The number of carbonyl (C=O) groups is 1. The zero-order chi connectivity index (χ0) is 17.2. The van der Waals surface area contributed by atoms with Crippen LogP contribution in [0.4, 0.5) is 0 Å². The van der Waals surface area contributed by atoms with Gasteiger partial charge in [0.25, 0.3) is 0 Å². The molecular weight excluding hydrogens is 328 g/mol. The van der Waals surface area contributed by atoms with Gasteiger partial charge in [-0.25, -0.2) is 4.79 Å². The maximum Gasteiger partial charge on any atom is 0.338 e. The monoisotopic (exact) mass is 344 g/mol. The molecule has 0 unspecified atom stereocenters. The van der Waals surface area contributed by atoms with E-state index < -0.39 is 10.1 Å². The smallest absolute Gasteiger partial charge is 0.338 e. The minimum Gasteiger partial charge on any atom is -0.462 e. The molecule has 2 aromatic rings. The molecule has 0 spiro atoms. The highest BCUT2D eigenvalue weighted by Crippen LogP contribution is 2.31. The quantitative estimate of drug-likeness (QED) is 0.631. The van der Waals surface area contributed by atoms with Crippen molar-refractivity contribution in [2.45, 2.75) is 6.92 Å². The zero-order valence-corrected chi connectivity index (χ0v) is 13.9. The molecule has 0 N–H and O–H groups in total. The Morgan fingerprint density at radius 3 is 2.54 bits per heavy atom. The molecule has 0 atom stereocenters. The van der Waals surface area contributed by atoms with Crippen LogP contribution in [0.1, 0.15) is 22.8 Å². The molecule has 0 amide bonds. The highest BCUT2D eigenvalue weighted by molar-refractivity contribution is 7.87. The molecule has 0 saturated carbocycles. The van der Waals surface area contributed by atoms with E-state index in [1.165, 1.54) is 0 Å². The van der Waals surface area contributed by atoms with E-state index in [9.17, 15) is 13.2 Å². The first-order chi connectivity index (χ1) is 11.5. The summed E-state index contributed by atoms with van der Waals surface area (Å²) in [4.78, 5) is 11.7. The lowest BCUT2D eigenvalue weighted by Crippen LogP contribution is -2.11. The van der Waals surface area contributed by atoms with Crippen molar-refractivity contribution in [1.82, 2.24) is 0 Å². The number of hydrogen-bond donors (Lipinski definition) is 0. The molecule has 124 valence electrons. The van der Waals surface area contributed by atoms with E-state index in [2.05, 4.69) is 0 Å². The molecule has 0 aliphatic carbocycles. The van der Waals surface area contributed by atoms with Gasteiger partial charge in [0.2, 0.25) is 0 Å². The molecule has 24 heavy (non-hydrogen) atoms. The maximum atomic E-state index is 11.7. The van der Waals surface area contributed by atoms with Gasteiger partial charge < -0.3 is 8.92 Å². The summed E-state index contributed by atoms with van der Waals surface area (Å²) in [5, 5.41) is 0. The van der Waals surface area contributed by atoms with E-state index in [0.717, 1.165) is 11.1 Å². The Kier molecular flexibility index (Phi) is 4.40. The molecule has 2 aromatic carbocycles. The molecule has 1 aliphatic heterocycles. The second-order valence-electron chi connectivity index (χ2n) is 5.26.